The van der Waals surface area contributed by atoms with Crippen LogP contribution in [-0.2, 0) is 4.74 Å². The minimum atomic E-state index is 0.437. The molecule has 1 fully saturated rings. The van der Waals surface area contributed by atoms with Crippen LogP contribution in [0.1, 0.15) is 47.0 Å². The lowest BCUT2D eigenvalue weighted by Gasteiger charge is -2.34. The van der Waals surface area contributed by atoms with Gasteiger partial charge < -0.3 is 19.9 Å². The summed E-state index contributed by atoms with van der Waals surface area (Å²) in [5.41, 5.74) is 0. The topological polar surface area (TPSA) is 40.1 Å². The normalized spacial score (nSPS) is 17.3. The highest BCUT2D eigenvalue weighted by Gasteiger charge is 2.21. The fourth-order valence-electron chi connectivity index (χ4n) is 2.91. The lowest BCUT2D eigenvalue weighted by Crippen LogP contribution is -2.47. The zero-order valence-electron chi connectivity index (χ0n) is 15.1. The fraction of sp³-hybridized carbons (Fsp3) is 0.941. The maximum atomic E-state index is 5.73. The first-order valence-electron chi connectivity index (χ1n) is 9.12. The average molecular weight is 313 g/mol. The Morgan fingerprint density at radius 1 is 1.18 bits per heavy atom. The Balaban J connectivity index is 2.39. The summed E-state index contributed by atoms with van der Waals surface area (Å²) in [6, 6.07) is 0. The van der Waals surface area contributed by atoms with Crippen molar-refractivity contribution in [2.75, 3.05) is 52.4 Å². The molecule has 0 aromatic rings. The summed E-state index contributed by atoms with van der Waals surface area (Å²) in [6.45, 7) is 16.8. The van der Waals surface area contributed by atoms with Gasteiger partial charge in [-0.15, -0.1) is 0 Å². The van der Waals surface area contributed by atoms with Crippen molar-refractivity contribution in [3.05, 3.63) is 0 Å². The van der Waals surface area contributed by atoms with E-state index in [0.29, 0.717) is 6.10 Å². The van der Waals surface area contributed by atoms with Gasteiger partial charge in [-0.25, -0.2) is 0 Å². The first-order valence-corrected chi connectivity index (χ1v) is 9.12. The van der Waals surface area contributed by atoms with E-state index < -0.39 is 0 Å². The molecule has 130 valence electrons. The SMILES string of the molecule is CCNC(=NCCCN(CC)CC)N1CCC(OCC)CC1. The Morgan fingerprint density at radius 2 is 1.86 bits per heavy atom. The van der Waals surface area contributed by atoms with Crippen molar-refractivity contribution in [1.29, 1.82) is 0 Å². The lowest BCUT2D eigenvalue weighted by atomic mass is 10.1. The number of likely N-dealkylation sites (tertiary alicyclic amines) is 1. The Labute approximate surface area is 137 Å². The molecule has 0 aromatic carbocycles. The second-order valence-corrected chi connectivity index (χ2v) is 5.76. The number of guanidine groups is 1. The molecule has 1 saturated heterocycles. The molecule has 5 heteroatoms. The van der Waals surface area contributed by atoms with Crippen LogP contribution >= 0.6 is 0 Å². The highest BCUT2D eigenvalue weighted by atomic mass is 16.5. The van der Waals surface area contributed by atoms with Gasteiger partial charge in [0.1, 0.15) is 0 Å². The number of ether oxygens (including phenoxy) is 1. The van der Waals surface area contributed by atoms with Crippen LogP contribution in [0.15, 0.2) is 4.99 Å². The molecule has 1 aliphatic rings. The molecular formula is C17H36N4O. The quantitative estimate of drug-likeness (QED) is 0.402. The minimum Gasteiger partial charge on any atom is -0.378 e. The van der Waals surface area contributed by atoms with E-state index in [1.165, 1.54) is 0 Å². The van der Waals surface area contributed by atoms with Crippen LogP contribution in [0.25, 0.3) is 0 Å². The third-order valence-electron chi connectivity index (χ3n) is 4.27. The van der Waals surface area contributed by atoms with E-state index in [9.17, 15) is 0 Å². The Kier molecular flexibility index (Phi) is 10.2. The Hall–Kier alpha value is -0.810. The van der Waals surface area contributed by atoms with Gasteiger partial charge in [-0.1, -0.05) is 13.8 Å². The standard InChI is InChI=1S/C17H36N4O/c1-5-18-17(19-12-9-13-20(6-2)7-3)21-14-10-16(11-15-21)22-8-4/h16H,5-15H2,1-4H3,(H,18,19). The van der Waals surface area contributed by atoms with Crippen LogP contribution in [-0.4, -0.2) is 74.3 Å². The van der Waals surface area contributed by atoms with Crippen LogP contribution in [0.3, 0.4) is 0 Å². The van der Waals surface area contributed by atoms with Gasteiger partial charge in [-0.05, 0) is 52.7 Å². The molecule has 0 bridgehead atoms. The van der Waals surface area contributed by atoms with Crippen LogP contribution in [0.5, 0.6) is 0 Å². The molecule has 0 saturated carbocycles. The van der Waals surface area contributed by atoms with Crippen molar-refractivity contribution >= 4 is 5.96 Å². The van der Waals surface area contributed by atoms with Crippen molar-refractivity contribution in [1.82, 2.24) is 15.1 Å². The molecule has 1 rings (SSSR count). The predicted molar refractivity (Wildman–Crippen MR) is 94.6 cm³/mol. The number of piperidine rings is 1. The van der Waals surface area contributed by atoms with Crippen LogP contribution in [0.4, 0.5) is 0 Å². The van der Waals surface area contributed by atoms with Gasteiger partial charge in [0.2, 0.25) is 0 Å². The second kappa shape index (κ2) is 11.7. The number of aliphatic imine (C=N–C) groups is 1. The maximum absolute atomic E-state index is 5.73. The Morgan fingerprint density at radius 3 is 2.41 bits per heavy atom. The van der Waals surface area contributed by atoms with E-state index in [0.717, 1.165) is 77.6 Å². The molecule has 0 spiro atoms. The van der Waals surface area contributed by atoms with E-state index in [2.05, 4.69) is 42.8 Å². The summed E-state index contributed by atoms with van der Waals surface area (Å²) in [7, 11) is 0. The number of hydrogen-bond acceptors (Lipinski definition) is 3. The van der Waals surface area contributed by atoms with Gasteiger partial charge in [0, 0.05) is 32.8 Å². The van der Waals surface area contributed by atoms with E-state index in [1.54, 1.807) is 0 Å². The largest absolute Gasteiger partial charge is 0.378 e. The zero-order chi connectivity index (χ0) is 16.2. The monoisotopic (exact) mass is 312 g/mol. The van der Waals surface area contributed by atoms with E-state index in [1.807, 2.05) is 0 Å². The van der Waals surface area contributed by atoms with E-state index >= 15 is 0 Å². The summed E-state index contributed by atoms with van der Waals surface area (Å²) in [6.07, 6.45) is 3.79. The summed E-state index contributed by atoms with van der Waals surface area (Å²) in [5.74, 6) is 1.08. The predicted octanol–water partition coefficient (Wildman–Crippen LogP) is 2.18. The Bertz CT molecular complexity index is 297. The van der Waals surface area contributed by atoms with Crippen molar-refractivity contribution in [3.63, 3.8) is 0 Å². The van der Waals surface area contributed by atoms with Crippen molar-refractivity contribution < 1.29 is 4.74 Å². The van der Waals surface area contributed by atoms with Gasteiger partial charge in [0.15, 0.2) is 5.96 Å². The molecule has 0 radical (unpaired) electrons. The molecule has 1 aliphatic heterocycles. The molecule has 1 N–H and O–H groups in total. The van der Waals surface area contributed by atoms with Gasteiger partial charge in [-0.2, -0.15) is 0 Å². The van der Waals surface area contributed by atoms with Crippen LogP contribution < -0.4 is 5.32 Å². The van der Waals surface area contributed by atoms with Gasteiger partial charge in [0.25, 0.3) is 0 Å². The molecule has 5 nitrogen and oxygen atoms in total. The zero-order valence-corrected chi connectivity index (χ0v) is 15.1. The number of nitrogens with zero attached hydrogens (tertiary/aromatic N) is 3. The highest BCUT2D eigenvalue weighted by molar-refractivity contribution is 5.80. The van der Waals surface area contributed by atoms with Crippen molar-refractivity contribution in [2.45, 2.75) is 53.1 Å². The van der Waals surface area contributed by atoms with Crippen molar-refractivity contribution in [3.8, 4) is 0 Å². The molecule has 1 heterocycles. The number of rotatable bonds is 9. The van der Waals surface area contributed by atoms with Gasteiger partial charge >= 0.3 is 0 Å². The average Bonchev–Trinajstić information content (AvgIpc) is 2.55. The minimum absolute atomic E-state index is 0.437. The summed E-state index contributed by atoms with van der Waals surface area (Å²) < 4.78 is 5.73. The first kappa shape index (κ1) is 19.2. The third-order valence-corrected chi connectivity index (χ3v) is 4.27. The van der Waals surface area contributed by atoms with Gasteiger partial charge in [0.05, 0.1) is 6.10 Å². The lowest BCUT2D eigenvalue weighted by molar-refractivity contribution is 0.0264. The molecule has 22 heavy (non-hydrogen) atoms. The molecule has 0 atom stereocenters. The summed E-state index contributed by atoms with van der Waals surface area (Å²) in [5, 5.41) is 3.44. The molecule has 0 aromatic heterocycles. The third kappa shape index (κ3) is 6.97. The second-order valence-electron chi connectivity index (χ2n) is 5.76. The van der Waals surface area contributed by atoms with Crippen molar-refractivity contribution in [2.24, 2.45) is 4.99 Å². The summed E-state index contributed by atoms with van der Waals surface area (Å²) in [4.78, 5) is 9.65. The first-order chi connectivity index (χ1) is 10.7. The van der Waals surface area contributed by atoms with Crippen LogP contribution in [0, 0.1) is 0 Å². The molecule has 0 amide bonds. The fourth-order valence-corrected chi connectivity index (χ4v) is 2.91. The number of hydrogen-bond donors (Lipinski definition) is 1. The molecule has 0 unspecified atom stereocenters. The van der Waals surface area contributed by atoms with E-state index in [4.69, 9.17) is 9.73 Å². The smallest absolute Gasteiger partial charge is 0.193 e. The summed E-state index contributed by atoms with van der Waals surface area (Å²) >= 11 is 0. The maximum Gasteiger partial charge on any atom is 0.193 e. The highest BCUT2D eigenvalue weighted by Crippen LogP contribution is 2.13. The molecule has 0 aliphatic carbocycles. The van der Waals surface area contributed by atoms with E-state index in [-0.39, 0.29) is 0 Å². The number of nitrogens with one attached hydrogen (secondary N) is 1. The molecular weight excluding hydrogens is 276 g/mol. The van der Waals surface area contributed by atoms with Crippen LogP contribution in [0.2, 0.25) is 0 Å². The van der Waals surface area contributed by atoms with Gasteiger partial charge in [-0.3, -0.25) is 4.99 Å².